The van der Waals surface area contributed by atoms with Crippen molar-refractivity contribution in [2.45, 2.75) is 25.3 Å². The molecule has 2 aromatic heterocycles. The SMILES string of the molecule is COC(=O)C[C@@H](c1c(O)c(C(=O)OC)c[nH]c1=O)c1cc2cccc3c2n(c1=O)CC3. The van der Waals surface area contributed by atoms with Crippen molar-refractivity contribution < 1.29 is 24.2 Å². The zero-order valence-corrected chi connectivity index (χ0v) is 16.9. The molecule has 9 nitrogen and oxygen atoms in total. The summed E-state index contributed by atoms with van der Waals surface area (Å²) in [5.41, 5.74) is 0.363. The lowest BCUT2D eigenvalue weighted by Gasteiger charge is -2.19. The quantitative estimate of drug-likeness (QED) is 0.593. The molecule has 0 saturated carbocycles. The highest BCUT2D eigenvalue weighted by atomic mass is 16.5. The molecule has 0 saturated heterocycles. The zero-order chi connectivity index (χ0) is 22.3. The molecule has 0 fully saturated rings. The highest BCUT2D eigenvalue weighted by Gasteiger charge is 2.31. The van der Waals surface area contributed by atoms with E-state index in [4.69, 9.17) is 4.74 Å². The number of pyridine rings is 2. The molecule has 0 aliphatic carbocycles. The largest absolute Gasteiger partial charge is 0.506 e. The minimum Gasteiger partial charge on any atom is -0.506 e. The lowest BCUT2D eigenvalue weighted by atomic mass is 9.87. The van der Waals surface area contributed by atoms with Crippen LogP contribution < -0.4 is 11.1 Å². The van der Waals surface area contributed by atoms with Crippen molar-refractivity contribution in [2.24, 2.45) is 0 Å². The molecule has 0 amide bonds. The molecule has 1 aliphatic heterocycles. The van der Waals surface area contributed by atoms with Gasteiger partial charge in [0.15, 0.2) is 0 Å². The van der Waals surface area contributed by atoms with Crippen LogP contribution in [-0.4, -0.2) is 40.8 Å². The van der Waals surface area contributed by atoms with Gasteiger partial charge in [-0.2, -0.15) is 0 Å². The number of carbonyl (C=O) groups is 2. The van der Waals surface area contributed by atoms with Crippen LogP contribution in [0.3, 0.4) is 0 Å². The minimum atomic E-state index is -1.13. The standard InChI is InChI=1S/C22H20N2O7/c1-30-16(25)9-13(17-19(26)15(22(29)31-2)10-23-20(17)27)14-8-12-5-3-4-11-6-7-24(18(11)12)21(14)28/h3-5,8,10,13H,6-7,9H2,1-2H3,(H2,23,26,27)/t13-/m1/s1. The molecule has 0 unspecified atom stereocenters. The number of hydrogen-bond acceptors (Lipinski definition) is 7. The molecule has 1 aromatic carbocycles. The second kappa shape index (κ2) is 7.75. The summed E-state index contributed by atoms with van der Waals surface area (Å²) in [6.45, 7) is 0.470. The molecule has 0 radical (unpaired) electrons. The Morgan fingerprint density at radius 3 is 2.71 bits per heavy atom. The Bertz CT molecular complexity index is 1340. The van der Waals surface area contributed by atoms with Crippen LogP contribution in [-0.2, 0) is 27.2 Å². The first-order chi connectivity index (χ1) is 14.9. The van der Waals surface area contributed by atoms with Crippen LogP contribution in [0.1, 0.15) is 39.4 Å². The summed E-state index contributed by atoms with van der Waals surface area (Å²) in [5, 5.41) is 11.5. The number of hydrogen-bond donors (Lipinski definition) is 2. The normalized spacial score (nSPS) is 13.2. The van der Waals surface area contributed by atoms with E-state index in [1.807, 2.05) is 18.2 Å². The van der Waals surface area contributed by atoms with E-state index in [1.165, 1.54) is 7.11 Å². The predicted molar refractivity (Wildman–Crippen MR) is 110 cm³/mol. The van der Waals surface area contributed by atoms with Crippen LogP contribution in [0.15, 0.2) is 40.1 Å². The van der Waals surface area contributed by atoms with Gasteiger partial charge in [0.2, 0.25) is 0 Å². The summed E-state index contributed by atoms with van der Waals surface area (Å²) < 4.78 is 11.0. The summed E-state index contributed by atoms with van der Waals surface area (Å²) >= 11 is 0. The van der Waals surface area contributed by atoms with Gasteiger partial charge in [-0.1, -0.05) is 18.2 Å². The van der Waals surface area contributed by atoms with Gasteiger partial charge in [-0.15, -0.1) is 0 Å². The Kier molecular flexibility index (Phi) is 5.10. The molecule has 4 rings (SSSR count). The maximum absolute atomic E-state index is 13.4. The number of nitrogens with one attached hydrogen (secondary N) is 1. The molecule has 31 heavy (non-hydrogen) atoms. The van der Waals surface area contributed by atoms with Crippen LogP contribution in [0.4, 0.5) is 0 Å². The summed E-state index contributed by atoms with van der Waals surface area (Å²) in [5.74, 6) is -3.32. The van der Waals surface area contributed by atoms with Crippen LogP contribution in [0.2, 0.25) is 0 Å². The number of H-pyrrole nitrogens is 1. The molecule has 0 spiro atoms. The fraction of sp³-hybridized carbons (Fsp3) is 0.273. The van der Waals surface area contributed by atoms with Crippen molar-refractivity contribution in [1.29, 1.82) is 0 Å². The van der Waals surface area contributed by atoms with E-state index in [1.54, 1.807) is 10.6 Å². The number of ether oxygens (including phenoxy) is 2. The monoisotopic (exact) mass is 424 g/mol. The second-order valence-electron chi connectivity index (χ2n) is 7.28. The first kappa shape index (κ1) is 20.4. The number of aromatic hydroxyl groups is 1. The zero-order valence-electron chi connectivity index (χ0n) is 16.9. The van der Waals surface area contributed by atoms with Gasteiger partial charge < -0.3 is 24.1 Å². The van der Waals surface area contributed by atoms with Crippen molar-refractivity contribution in [3.63, 3.8) is 0 Å². The first-order valence-electron chi connectivity index (χ1n) is 9.62. The van der Waals surface area contributed by atoms with Crippen molar-refractivity contribution in [2.75, 3.05) is 14.2 Å². The van der Waals surface area contributed by atoms with Gasteiger partial charge in [0, 0.05) is 24.2 Å². The number of rotatable bonds is 5. The molecule has 0 bridgehead atoms. The number of esters is 2. The molecule has 9 heteroatoms. The lowest BCUT2D eigenvalue weighted by Crippen LogP contribution is -2.29. The van der Waals surface area contributed by atoms with Crippen molar-refractivity contribution >= 4 is 22.8 Å². The third-order valence-electron chi connectivity index (χ3n) is 5.66. The third-order valence-corrected chi connectivity index (χ3v) is 5.66. The Morgan fingerprint density at radius 2 is 2.00 bits per heavy atom. The van der Waals surface area contributed by atoms with Gasteiger partial charge in [-0.25, -0.2) is 4.79 Å². The van der Waals surface area contributed by atoms with E-state index < -0.39 is 29.2 Å². The highest BCUT2D eigenvalue weighted by molar-refractivity contribution is 5.92. The highest BCUT2D eigenvalue weighted by Crippen LogP contribution is 2.34. The van der Waals surface area contributed by atoms with E-state index in [0.29, 0.717) is 13.0 Å². The van der Waals surface area contributed by atoms with Gasteiger partial charge in [0.05, 0.1) is 31.7 Å². The molecule has 3 aromatic rings. The Morgan fingerprint density at radius 1 is 1.23 bits per heavy atom. The van der Waals surface area contributed by atoms with E-state index in [9.17, 15) is 24.3 Å². The molecule has 3 heterocycles. The van der Waals surface area contributed by atoms with Gasteiger partial charge >= 0.3 is 11.9 Å². The number of benzene rings is 1. The fourth-order valence-electron chi connectivity index (χ4n) is 4.18. The summed E-state index contributed by atoms with van der Waals surface area (Å²) in [7, 11) is 2.32. The van der Waals surface area contributed by atoms with Gasteiger partial charge in [0.1, 0.15) is 11.3 Å². The summed E-state index contributed by atoms with van der Waals surface area (Å²) in [4.78, 5) is 52.6. The number of para-hydroxylation sites is 1. The number of nitrogens with zero attached hydrogens (tertiary/aromatic N) is 1. The molecule has 1 aliphatic rings. The first-order valence-corrected chi connectivity index (χ1v) is 9.62. The third kappa shape index (κ3) is 3.27. The van der Waals surface area contributed by atoms with Gasteiger partial charge in [-0.3, -0.25) is 14.4 Å². The molecular weight excluding hydrogens is 404 g/mol. The predicted octanol–water partition coefficient (Wildman–Crippen LogP) is 1.43. The molecule has 1 atom stereocenters. The number of aromatic nitrogens is 2. The van der Waals surface area contributed by atoms with E-state index in [0.717, 1.165) is 29.8 Å². The topological polar surface area (TPSA) is 128 Å². The number of aromatic amines is 1. The summed E-state index contributed by atoms with van der Waals surface area (Å²) in [6.07, 6.45) is 1.35. The number of carbonyl (C=O) groups excluding carboxylic acids is 2. The van der Waals surface area contributed by atoms with Crippen molar-refractivity contribution in [3.05, 3.63) is 73.4 Å². The number of aryl methyl sites for hydroxylation is 2. The second-order valence-corrected chi connectivity index (χ2v) is 7.28. The maximum Gasteiger partial charge on any atom is 0.343 e. The van der Waals surface area contributed by atoms with E-state index >= 15 is 0 Å². The molecule has 2 N–H and O–H groups in total. The lowest BCUT2D eigenvalue weighted by molar-refractivity contribution is -0.140. The average molecular weight is 424 g/mol. The van der Waals surface area contributed by atoms with Crippen LogP contribution in [0, 0.1) is 0 Å². The Labute approximate surface area is 175 Å². The maximum atomic E-state index is 13.4. The molecule has 160 valence electrons. The fourth-order valence-corrected chi connectivity index (χ4v) is 4.18. The van der Waals surface area contributed by atoms with E-state index in [-0.39, 0.29) is 28.7 Å². The minimum absolute atomic E-state index is 0.153. The number of methoxy groups -OCH3 is 2. The van der Waals surface area contributed by atoms with Crippen molar-refractivity contribution in [1.82, 2.24) is 9.55 Å². The van der Waals surface area contributed by atoms with Crippen LogP contribution in [0.5, 0.6) is 5.75 Å². The van der Waals surface area contributed by atoms with Crippen molar-refractivity contribution in [3.8, 4) is 5.75 Å². The molecular formula is C22H20N2O7. The van der Waals surface area contributed by atoms with Crippen LogP contribution in [0.25, 0.3) is 10.9 Å². The average Bonchev–Trinajstić information content (AvgIpc) is 3.20. The smallest absolute Gasteiger partial charge is 0.343 e. The Hall–Kier alpha value is -3.88. The van der Waals surface area contributed by atoms with E-state index in [2.05, 4.69) is 9.72 Å². The van der Waals surface area contributed by atoms with Gasteiger partial charge in [0.25, 0.3) is 11.1 Å². The Balaban J connectivity index is 2.01. The summed E-state index contributed by atoms with van der Waals surface area (Å²) in [6, 6.07) is 7.29. The van der Waals surface area contributed by atoms with Gasteiger partial charge in [-0.05, 0) is 23.4 Å². The van der Waals surface area contributed by atoms with Crippen LogP contribution >= 0.6 is 0 Å².